The number of methoxy groups -OCH3 is 1. The van der Waals surface area contributed by atoms with Gasteiger partial charge in [-0.05, 0) is 42.5 Å². The molecule has 0 aromatic heterocycles. The van der Waals surface area contributed by atoms with Crippen molar-refractivity contribution in [2.24, 2.45) is 17.8 Å². The number of aromatic hydroxyl groups is 1. The predicted octanol–water partition coefficient (Wildman–Crippen LogP) is 4.96. The minimum Gasteiger partial charge on any atom is -0.508 e. The average molecular weight is 660 g/mol. The van der Waals surface area contributed by atoms with Gasteiger partial charge in [-0.2, -0.15) is 0 Å². The lowest BCUT2D eigenvalue weighted by Crippen LogP contribution is -2.60. The molecule has 1 N–H and O–H groups in total. The summed E-state index contributed by atoms with van der Waals surface area (Å²) in [6, 6.07) is 11.4. The fourth-order valence-electron chi connectivity index (χ4n) is 7.05. The van der Waals surface area contributed by atoms with Crippen LogP contribution in [0, 0.1) is 17.8 Å². The van der Waals surface area contributed by atoms with E-state index < -0.39 is 51.1 Å². The van der Waals surface area contributed by atoms with Crippen LogP contribution in [0.2, 0.25) is 0 Å². The average Bonchev–Trinajstić information content (AvgIpc) is 3.31. The van der Waals surface area contributed by atoms with E-state index in [2.05, 4.69) is 22.5 Å². The maximum Gasteiger partial charge on any atom is 0.254 e. The number of likely N-dealkylation sites (tertiary alicyclic amines) is 1. The molecule has 2 aromatic carbocycles. The lowest BCUT2D eigenvalue weighted by Gasteiger charge is -2.50. The summed E-state index contributed by atoms with van der Waals surface area (Å²) >= 11 is 17.7. The summed E-state index contributed by atoms with van der Waals surface area (Å²) in [6.07, 6.45) is 3.65. The minimum absolute atomic E-state index is 0.0676. The fraction of sp³-hybridized carbons (Fsp3) is 0.333. The normalized spacial score (nSPS) is 32.4. The highest BCUT2D eigenvalue weighted by atomic mass is 79.9. The summed E-state index contributed by atoms with van der Waals surface area (Å²) in [7, 11) is 1.42. The number of allylic oxidation sites excluding steroid dienone is 2. The molecular weight excluding hydrogens is 635 g/mol. The van der Waals surface area contributed by atoms with Gasteiger partial charge in [0.25, 0.3) is 11.8 Å². The SMILES string of the molecule is C=Cc1ccc(N2C(=O)[C@H]3[C@H](CC=C4[C@H]3C[C@@]3(Cl)C(=O)N(CBr)C(=O)[C@@]3(Cl)[C@H]4c3ccc(O)cc3OC)C2=O)cc1. The summed E-state index contributed by atoms with van der Waals surface area (Å²) in [4.78, 5) is 53.7. The molecule has 0 radical (unpaired) electrons. The van der Waals surface area contributed by atoms with Gasteiger partial charge in [0.1, 0.15) is 11.5 Å². The van der Waals surface area contributed by atoms with E-state index >= 15 is 0 Å². The Morgan fingerprint density at radius 3 is 2.41 bits per heavy atom. The van der Waals surface area contributed by atoms with E-state index in [0.29, 0.717) is 16.8 Å². The number of hydrogen-bond donors (Lipinski definition) is 1. The summed E-state index contributed by atoms with van der Waals surface area (Å²) in [5.74, 6) is -5.02. The molecular formula is C30H25BrCl2N2O6. The van der Waals surface area contributed by atoms with Crippen molar-refractivity contribution in [3.05, 3.63) is 71.8 Å². The van der Waals surface area contributed by atoms with Crippen LogP contribution >= 0.6 is 39.1 Å². The van der Waals surface area contributed by atoms with Crippen LogP contribution in [0.5, 0.6) is 11.5 Å². The molecule has 0 bridgehead atoms. The van der Waals surface area contributed by atoms with Gasteiger partial charge in [-0.3, -0.25) is 29.0 Å². The molecule has 2 aliphatic heterocycles. The van der Waals surface area contributed by atoms with Crippen molar-refractivity contribution in [1.29, 1.82) is 0 Å². The second kappa shape index (κ2) is 9.71. The van der Waals surface area contributed by atoms with Gasteiger partial charge in [0.05, 0.1) is 30.1 Å². The summed E-state index contributed by atoms with van der Waals surface area (Å²) in [5.41, 5.74) is 2.25. The van der Waals surface area contributed by atoms with E-state index in [0.717, 1.165) is 10.5 Å². The molecule has 3 fully saturated rings. The third kappa shape index (κ3) is 3.64. The highest BCUT2D eigenvalue weighted by Crippen LogP contribution is 2.66. The zero-order chi connectivity index (χ0) is 29.4. The monoisotopic (exact) mass is 658 g/mol. The van der Waals surface area contributed by atoms with Gasteiger partial charge in [-0.1, -0.05) is 58.4 Å². The minimum atomic E-state index is -1.95. The molecule has 2 aliphatic carbocycles. The van der Waals surface area contributed by atoms with Crippen LogP contribution in [0.4, 0.5) is 5.69 Å². The van der Waals surface area contributed by atoms with Gasteiger partial charge in [-0.25, -0.2) is 0 Å². The van der Waals surface area contributed by atoms with E-state index in [9.17, 15) is 24.3 Å². The number of halogens is 3. The third-order valence-electron chi connectivity index (χ3n) is 8.93. The van der Waals surface area contributed by atoms with E-state index in [4.69, 9.17) is 27.9 Å². The second-order valence-corrected chi connectivity index (χ2v) is 12.5. The standard InChI is InChI=1S/C30H25BrCl2N2O6/c1-3-15-4-6-16(7-5-15)35-25(37)20-11-10-18-21(23(20)26(35)38)13-29(32)27(39)34(14-31)28(40)30(29,33)24(18)19-9-8-17(36)12-22(19)41-2/h3-10,12,20-21,23-24,36H,1,11,13-14H2,2H3/t20-,21+,23-,24+,29+,30-/m0/s1. The highest BCUT2D eigenvalue weighted by Gasteiger charge is 2.76. The molecule has 41 heavy (non-hydrogen) atoms. The van der Waals surface area contributed by atoms with Crippen LogP contribution < -0.4 is 9.64 Å². The van der Waals surface area contributed by atoms with Crippen molar-refractivity contribution in [3.63, 3.8) is 0 Å². The van der Waals surface area contributed by atoms with Crippen LogP contribution in [0.3, 0.4) is 0 Å². The Morgan fingerprint density at radius 2 is 1.78 bits per heavy atom. The number of phenols is 1. The van der Waals surface area contributed by atoms with Crippen molar-refractivity contribution >= 4 is 74.5 Å². The molecule has 8 nitrogen and oxygen atoms in total. The smallest absolute Gasteiger partial charge is 0.254 e. The van der Waals surface area contributed by atoms with Crippen molar-refractivity contribution in [1.82, 2.24) is 4.90 Å². The number of carbonyl (C=O) groups is 4. The van der Waals surface area contributed by atoms with Gasteiger partial charge < -0.3 is 9.84 Å². The number of rotatable bonds is 5. The molecule has 2 saturated heterocycles. The summed E-state index contributed by atoms with van der Waals surface area (Å²) in [5, 5.41) is 10.2. The summed E-state index contributed by atoms with van der Waals surface area (Å²) < 4.78 is 5.58. The molecule has 0 spiro atoms. The molecule has 0 unspecified atom stereocenters. The predicted molar refractivity (Wildman–Crippen MR) is 157 cm³/mol. The van der Waals surface area contributed by atoms with Gasteiger partial charge in [0, 0.05) is 17.5 Å². The first-order valence-corrected chi connectivity index (χ1v) is 14.9. The maximum atomic E-state index is 14.1. The quantitative estimate of drug-likeness (QED) is 0.211. The topological polar surface area (TPSA) is 104 Å². The molecule has 4 amide bonds. The molecule has 212 valence electrons. The number of alkyl halides is 3. The number of nitrogens with zero attached hydrogens (tertiary/aromatic N) is 2. The maximum absolute atomic E-state index is 14.1. The lowest BCUT2D eigenvalue weighted by atomic mass is 9.56. The molecule has 6 atom stereocenters. The Labute approximate surface area is 254 Å². The van der Waals surface area contributed by atoms with E-state index in [1.165, 1.54) is 24.1 Å². The molecule has 4 aliphatic rings. The number of ether oxygens (including phenoxy) is 1. The Bertz CT molecular complexity index is 1560. The largest absolute Gasteiger partial charge is 0.508 e. The van der Waals surface area contributed by atoms with Crippen molar-refractivity contribution in [2.75, 3.05) is 17.5 Å². The Balaban J connectivity index is 1.52. The summed E-state index contributed by atoms with van der Waals surface area (Å²) in [6.45, 7) is 3.74. The Morgan fingerprint density at radius 1 is 1.07 bits per heavy atom. The first-order valence-electron chi connectivity index (χ1n) is 13.0. The van der Waals surface area contributed by atoms with Crippen LogP contribution in [0.15, 0.2) is 60.7 Å². The molecule has 1 saturated carbocycles. The van der Waals surface area contributed by atoms with E-state index in [-0.39, 0.29) is 35.7 Å². The number of phenolic OH excluding ortho intramolecular Hbond substituents is 1. The first kappa shape index (κ1) is 28.0. The van der Waals surface area contributed by atoms with Gasteiger partial charge in [-0.15, -0.1) is 23.2 Å². The fourth-order valence-corrected chi connectivity index (χ4v) is 8.47. The Hall–Kier alpha value is -3.14. The van der Waals surface area contributed by atoms with Crippen LogP contribution in [-0.4, -0.2) is 55.9 Å². The van der Waals surface area contributed by atoms with Crippen LogP contribution in [0.1, 0.15) is 29.9 Å². The van der Waals surface area contributed by atoms with Crippen molar-refractivity contribution in [2.45, 2.75) is 28.5 Å². The number of carbonyl (C=O) groups excluding carboxylic acids is 4. The zero-order valence-corrected chi connectivity index (χ0v) is 24.9. The van der Waals surface area contributed by atoms with Crippen LogP contribution in [-0.2, 0) is 19.2 Å². The van der Waals surface area contributed by atoms with E-state index in [1.807, 2.05) is 6.08 Å². The van der Waals surface area contributed by atoms with Gasteiger partial charge >= 0.3 is 0 Å². The van der Waals surface area contributed by atoms with Crippen molar-refractivity contribution < 1.29 is 29.0 Å². The lowest BCUT2D eigenvalue weighted by molar-refractivity contribution is -0.138. The highest BCUT2D eigenvalue weighted by molar-refractivity contribution is 9.09. The number of imide groups is 2. The van der Waals surface area contributed by atoms with Gasteiger partial charge in [0.2, 0.25) is 11.8 Å². The van der Waals surface area contributed by atoms with E-state index in [1.54, 1.807) is 36.4 Å². The zero-order valence-electron chi connectivity index (χ0n) is 21.9. The number of fused-ring (bicyclic) bond motifs is 4. The number of anilines is 1. The Kier molecular flexibility index (Phi) is 6.63. The second-order valence-electron chi connectivity index (χ2n) is 10.7. The third-order valence-corrected chi connectivity index (χ3v) is 10.8. The number of amides is 4. The molecule has 6 rings (SSSR count). The van der Waals surface area contributed by atoms with Crippen molar-refractivity contribution in [3.8, 4) is 11.5 Å². The molecule has 2 heterocycles. The number of hydrogen-bond acceptors (Lipinski definition) is 6. The molecule has 11 heteroatoms. The molecule has 2 aromatic rings. The van der Waals surface area contributed by atoms with Gasteiger partial charge in [0.15, 0.2) is 9.75 Å². The first-order chi connectivity index (χ1) is 19.5. The number of benzene rings is 2. The van der Waals surface area contributed by atoms with Crippen LogP contribution in [0.25, 0.3) is 6.08 Å².